The van der Waals surface area contributed by atoms with Gasteiger partial charge in [0, 0.05) is 128 Å². The van der Waals surface area contributed by atoms with Gasteiger partial charge >= 0.3 is 0 Å². The third-order valence-corrected chi connectivity index (χ3v) is 7.85. The van der Waals surface area contributed by atoms with Crippen LogP contribution >= 0.6 is 0 Å². The fourth-order valence-corrected chi connectivity index (χ4v) is 5.16. The van der Waals surface area contributed by atoms with E-state index in [0.29, 0.717) is 24.2 Å². The molecule has 0 spiro atoms. The molecule has 0 heterocycles. The second-order valence-electron chi connectivity index (χ2n) is 17.4. The van der Waals surface area contributed by atoms with E-state index in [0.717, 1.165) is 45.1 Å². The van der Waals surface area contributed by atoms with Crippen molar-refractivity contribution in [3.8, 4) is 0 Å². The maximum atomic E-state index is 4.59. The SMILES string of the molecule is CC(C)N=CC(=NC(C)C)c1ccccc1.CC(C)N=CC(=NC(C)C)c1ccccc1.CC(C)N=CC(=NC(C)C)c1ccccc1.CC(C)N=CC(=NC(C)C)c1ccccc1.[Ni].[Ni]. The molecule has 4 rings (SSSR count). The average molecular weight is 983 g/mol. The number of hydrogen-bond acceptors (Lipinski definition) is 8. The molecule has 0 aromatic heterocycles. The van der Waals surface area contributed by atoms with E-state index in [4.69, 9.17) is 0 Å². The van der Waals surface area contributed by atoms with E-state index in [1.54, 1.807) is 0 Å². The van der Waals surface area contributed by atoms with Gasteiger partial charge < -0.3 is 0 Å². The van der Waals surface area contributed by atoms with E-state index in [-0.39, 0.29) is 57.2 Å². The quantitative estimate of drug-likeness (QED) is 0.0789. The molecule has 0 fully saturated rings. The molecule has 0 amide bonds. The van der Waals surface area contributed by atoms with Gasteiger partial charge in [0.15, 0.2) is 0 Å². The molecular weight excluding hydrogens is 902 g/mol. The van der Waals surface area contributed by atoms with Crippen LogP contribution in [0.1, 0.15) is 133 Å². The minimum atomic E-state index is 0. The topological polar surface area (TPSA) is 98.9 Å². The third kappa shape index (κ3) is 32.0. The molecule has 0 saturated heterocycles. The molecule has 0 aliphatic carbocycles. The van der Waals surface area contributed by atoms with Crippen molar-refractivity contribution in [2.45, 2.75) is 159 Å². The molecule has 0 unspecified atom stereocenters. The molecule has 364 valence electrons. The summed E-state index contributed by atoms with van der Waals surface area (Å²) in [6, 6.07) is 43.1. The average Bonchev–Trinajstić information content (AvgIpc) is 3.25. The second-order valence-corrected chi connectivity index (χ2v) is 17.4. The Labute approximate surface area is 421 Å². The third-order valence-electron chi connectivity index (χ3n) is 7.85. The van der Waals surface area contributed by atoms with Crippen LogP contribution in [0.25, 0.3) is 0 Å². The van der Waals surface area contributed by atoms with Crippen molar-refractivity contribution in [2.75, 3.05) is 0 Å². The Morgan fingerprint density at radius 1 is 0.258 bits per heavy atom. The number of aliphatic imine (C=N–C) groups is 8. The molecule has 4 aromatic carbocycles. The number of rotatable bonds is 16. The van der Waals surface area contributed by atoms with Crippen molar-refractivity contribution >= 4 is 47.7 Å². The molecule has 0 N–H and O–H groups in total. The Kier molecular flexibility index (Phi) is 35.8. The summed E-state index contributed by atoms with van der Waals surface area (Å²) in [5.41, 5.74) is 8.35. The molecular formula is C56H80N8Ni2. The maximum Gasteiger partial charge on any atom is 0.0828 e. The van der Waals surface area contributed by atoms with Crippen LogP contribution in [0.3, 0.4) is 0 Å². The van der Waals surface area contributed by atoms with Gasteiger partial charge in [0.2, 0.25) is 0 Å². The Hall–Kier alpha value is -4.77. The first-order valence-electron chi connectivity index (χ1n) is 23.0. The molecule has 10 heteroatoms. The van der Waals surface area contributed by atoms with Crippen LogP contribution in [0.5, 0.6) is 0 Å². The Balaban J connectivity index is 0. The minimum Gasteiger partial charge on any atom is -0.288 e. The zero-order valence-electron chi connectivity index (χ0n) is 42.7. The molecule has 0 aliphatic heterocycles. The van der Waals surface area contributed by atoms with Crippen molar-refractivity contribution in [3.05, 3.63) is 144 Å². The number of hydrogen-bond donors (Lipinski definition) is 0. The zero-order valence-corrected chi connectivity index (χ0v) is 44.7. The normalized spacial score (nSPS) is 12.6. The van der Waals surface area contributed by atoms with Gasteiger partial charge in [-0.05, 0) is 111 Å². The largest absolute Gasteiger partial charge is 0.288 e. The molecule has 66 heavy (non-hydrogen) atoms. The smallest absolute Gasteiger partial charge is 0.0828 e. The van der Waals surface area contributed by atoms with Gasteiger partial charge in [0.25, 0.3) is 0 Å². The first-order chi connectivity index (χ1) is 30.4. The first-order valence-corrected chi connectivity index (χ1v) is 23.0. The standard InChI is InChI=1S/4C14H20N2.2Ni/c4*1-11(2)15-10-14(16-12(3)4)13-8-6-5-7-9-13;;/h4*5-12H,1-4H3;;. The molecule has 0 bridgehead atoms. The van der Waals surface area contributed by atoms with Crippen LogP contribution in [-0.4, -0.2) is 96.0 Å². The molecule has 8 nitrogen and oxygen atoms in total. The Bertz CT molecular complexity index is 1760. The number of benzene rings is 4. The molecule has 0 radical (unpaired) electrons. The summed E-state index contributed by atoms with van der Waals surface area (Å²) in [7, 11) is 0. The molecule has 0 saturated carbocycles. The fourth-order valence-electron chi connectivity index (χ4n) is 5.16. The maximum absolute atomic E-state index is 4.59. The van der Waals surface area contributed by atoms with Gasteiger partial charge in [-0.25, -0.2) is 0 Å². The predicted octanol–water partition coefficient (Wildman–Crippen LogP) is 13.4. The van der Waals surface area contributed by atoms with E-state index in [9.17, 15) is 0 Å². The van der Waals surface area contributed by atoms with Crippen LogP contribution < -0.4 is 0 Å². The summed E-state index contributed by atoms with van der Waals surface area (Å²) < 4.78 is 0. The fraction of sp³-hybridized carbons (Fsp3) is 0.429. The van der Waals surface area contributed by atoms with E-state index in [2.05, 4.69) is 199 Å². The van der Waals surface area contributed by atoms with E-state index in [1.165, 1.54) is 0 Å². The van der Waals surface area contributed by atoms with E-state index >= 15 is 0 Å². The van der Waals surface area contributed by atoms with Gasteiger partial charge in [-0.2, -0.15) is 0 Å². The Morgan fingerprint density at radius 2 is 0.409 bits per heavy atom. The van der Waals surface area contributed by atoms with Crippen molar-refractivity contribution in [1.82, 2.24) is 0 Å². The second kappa shape index (κ2) is 37.3. The summed E-state index contributed by atoms with van der Waals surface area (Å²) in [6.07, 6.45) is 7.50. The van der Waals surface area contributed by atoms with Gasteiger partial charge in [-0.15, -0.1) is 0 Å². The number of nitrogens with zero attached hydrogens (tertiary/aromatic N) is 8. The van der Waals surface area contributed by atoms with Gasteiger partial charge in [-0.1, -0.05) is 121 Å². The summed E-state index contributed by atoms with van der Waals surface area (Å²) in [5.74, 6) is 0. The van der Waals surface area contributed by atoms with Crippen molar-refractivity contribution in [1.29, 1.82) is 0 Å². The molecule has 0 atom stereocenters. The van der Waals surface area contributed by atoms with Crippen LogP contribution in [0.4, 0.5) is 0 Å². The Morgan fingerprint density at radius 3 is 0.530 bits per heavy atom. The van der Waals surface area contributed by atoms with Crippen molar-refractivity contribution in [3.63, 3.8) is 0 Å². The summed E-state index contributed by atoms with van der Waals surface area (Å²) in [6.45, 7) is 33.1. The summed E-state index contributed by atoms with van der Waals surface area (Å²) >= 11 is 0. The van der Waals surface area contributed by atoms with Gasteiger partial charge in [-0.3, -0.25) is 39.9 Å². The monoisotopic (exact) mass is 981 g/mol. The summed E-state index contributed by atoms with van der Waals surface area (Å²) in [5, 5.41) is 0. The van der Waals surface area contributed by atoms with Crippen LogP contribution in [-0.2, 0) is 33.0 Å². The summed E-state index contributed by atoms with van der Waals surface area (Å²) in [4.78, 5) is 35.9. The van der Waals surface area contributed by atoms with Gasteiger partial charge in [0.05, 0.1) is 22.8 Å². The van der Waals surface area contributed by atoms with Crippen molar-refractivity contribution < 1.29 is 33.0 Å². The first kappa shape index (κ1) is 63.3. The van der Waals surface area contributed by atoms with Crippen LogP contribution in [0.2, 0.25) is 0 Å². The molecule has 0 aliphatic rings. The van der Waals surface area contributed by atoms with Crippen molar-refractivity contribution in [2.24, 2.45) is 39.9 Å². The van der Waals surface area contributed by atoms with Gasteiger partial charge in [0.1, 0.15) is 0 Å². The van der Waals surface area contributed by atoms with Crippen LogP contribution in [0.15, 0.2) is 161 Å². The van der Waals surface area contributed by atoms with E-state index < -0.39 is 0 Å². The predicted molar refractivity (Wildman–Crippen MR) is 287 cm³/mol. The van der Waals surface area contributed by atoms with Crippen LogP contribution in [0, 0.1) is 0 Å². The minimum absolute atomic E-state index is 0. The van der Waals surface area contributed by atoms with E-state index in [1.807, 2.05) is 97.7 Å². The molecule has 4 aromatic rings. The zero-order chi connectivity index (χ0) is 47.9.